The Bertz CT molecular complexity index is 1430. The van der Waals surface area contributed by atoms with E-state index in [9.17, 15) is 4.79 Å². The number of pyridine rings is 1. The number of ether oxygens (including phenoxy) is 1. The second-order valence-corrected chi connectivity index (χ2v) is 7.51. The summed E-state index contributed by atoms with van der Waals surface area (Å²) in [6.07, 6.45) is 3.51. The Kier molecular flexibility index (Phi) is 4.53. The molecule has 0 saturated carbocycles. The summed E-state index contributed by atoms with van der Waals surface area (Å²) in [5.74, 6) is 7.85. The zero-order chi connectivity index (χ0) is 21.5. The molecule has 0 spiro atoms. The molecule has 154 valence electrons. The molecule has 0 amide bonds. The Balaban J connectivity index is 1.67. The lowest BCUT2D eigenvalue weighted by Crippen LogP contribution is -2.14. The van der Waals surface area contributed by atoms with Gasteiger partial charge in [0.05, 0.1) is 17.9 Å². The second-order valence-electron chi connectivity index (χ2n) is 7.51. The van der Waals surface area contributed by atoms with E-state index < -0.39 is 0 Å². The topological polar surface area (TPSA) is 79.8 Å². The fourth-order valence-corrected chi connectivity index (χ4v) is 3.76. The molecule has 0 fully saturated rings. The number of hydrogen-bond acceptors (Lipinski definition) is 5. The van der Waals surface area contributed by atoms with Crippen LogP contribution in [-0.2, 0) is 24.9 Å². The molecule has 3 aromatic heterocycles. The van der Waals surface area contributed by atoms with E-state index in [-0.39, 0.29) is 5.56 Å². The first-order chi connectivity index (χ1) is 15.0. The van der Waals surface area contributed by atoms with Gasteiger partial charge >= 0.3 is 0 Å². The first-order valence-electron chi connectivity index (χ1n) is 9.82. The number of nitrogens with zero attached hydrogens (tertiary/aromatic N) is 6. The first-order valence-corrected chi connectivity index (χ1v) is 9.82. The Labute approximate surface area is 178 Å². The van der Waals surface area contributed by atoms with Gasteiger partial charge in [0.1, 0.15) is 18.6 Å². The van der Waals surface area contributed by atoms with Crippen LogP contribution in [0.4, 0.5) is 0 Å². The van der Waals surface area contributed by atoms with E-state index in [4.69, 9.17) is 4.74 Å². The van der Waals surface area contributed by atoms with Crippen molar-refractivity contribution in [1.82, 2.24) is 28.9 Å². The number of fused-ring (bicyclic) bond motifs is 5. The molecule has 0 N–H and O–H groups in total. The van der Waals surface area contributed by atoms with Gasteiger partial charge in [-0.05, 0) is 31.0 Å². The predicted molar refractivity (Wildman–Crippen MR) is 115 cm³/mol. The van der Waals surface area contributed by atoms with Gasteiger partial charge in [0, 0.05) is 37.5 Å². The summed E-state index contributed by atoms with van der Waals surface area (Å²) in [4.78, 5) is 16.2. The fourth-order valence-electron chi connectivity index (χ4n) is 3.76. The molecule has 0 unspecified atom stereocenters. The third kappa shape index (κ3) is 3.25. The summed E-state index contributed by atoms with van der Waals surface area (Å²) in [7, 11) is 3.35. The van der Waals surface area contributed by atoms with E-state index in [0.29, 0.717) is 18.8 Å². The maximum atomic E-state index is 11.6. The number of hydrogen-bond donors (Lipinski definition) is 0. The van der Waals surface area contributed by atoms with Gasteiger partial charge in [-0.1, -0.05) is 17.6 Å². The van der Waals surface area contributed by atoms with E-state index in [1.807, 2.05) is 0 Å². The molecule has 0 atom stereocenters. The maximum absolute atomic E-state index is 11.6. The van der Waals surface area contributed by atoms with Crippen molar-refractivity contribution in [3.63, 3.8) is 0 Å². The molecule has 4 aromatic rings. The van der Waals surface area contributed by atoms with Gasteiger partial charge in [0.2, 0.25) is 5.56 Å². The smallest absolute Gasteiger partial charge is 0.250 e. The van der Waals surface area contributed by atoms with Crippen LogP contribution in [0.1, 0.15) is 28.3 Å². The van der Waals surface area contributed by atoms with Crippen LogP contribution >= 0.6 is 0 Å². The average Bonchev–Trinajstić information content (AvgIpc) is 3.30. The zero-order valence-corrected chi connectivity index (χ0v) is 17.5. The van der Waals surface area contributed by atoms with Crippen LogP contribution in [0.5, 0.6) is 0 Å². The van der Waals surface area contributed by atoms with E-state index in [1.54, 1.807) is 32.7 Å². The number of imidazole rings is 1. The van der Waals surface area contributed by atoms with Crippen molar-refractivity contribution in [3.05, 3.63) is 81.5 Å². The van der Waals surface area contributed by atoms with Crippen molar-refractivity contribution in [2.45, 2.75) is 20.1 Å². The van der Waals surface area contributed by atoms with Gasteiger partial charge < -0.3 is 13.9 Å². The molecule has 0 radical (unpaired) electrons. The van der Waals surface area contributed by atoms with Crippen LogP contribution in [0.2, 0.25) is 0 Å². The summed E-state index contributed by atoms with van der Waals surface area (Å²) in [6.45, 7) is 2.94. The highest BCUT2D eigenvalue weighted by Gasteiger charge is 2.25. The molecule has 5 rings (SSSR count). The van der Waals surface area contributed by atoms with Crippen LogP contribution in [0.3, 0.4) is 0 Å². The fraction of sp³-hybridized carbons (Fsp3) is 0.217. The van der Waals surface area contributed by atoms with E-state index in [0.717, 1.165) is 39.7 Å². The summed E-state index contributed by atoms with van der Waals surface area (Å²) in [5.41, 5.74) is 5.41. The maximum Gasteiger partial charge on any atom is 0.250 e. The molecule has 1 aliphatic heterocycles. The normalized spacial score (nSPS) is 11.7. The van der Waals surface area contributed by atoms with Crippen LogP contribution in [0, 0.1) is 18.8 Å². The van der Waals surface area contributed by atoms with Crippen LogP contribution in [0.25, 0.3) is 17.1 Å². The number of aryl methyl sites for hydroxylation is 2. The van der Waals surface area contributed by atoms with Gasteiger partial charge in [0.15, 0.2) is 11.6 Å². The minimum absolute atomic E-state index is 0.0703. The molecular formula is C23H20N6O2. The summed E-state index contributed by atoms with van der Waals surface area (Å²) in [5, 5.41) is 8.80. The molecular weight excluding hydrogens is 392 g/mol. The summed E-state index contributed by atoms with van der Waals surface area (Å²) >= 11 is 0. The zero-order valence-electron chi connectivity index (χ0n) is 17.5. The highest BCUT2D eigenvalue weighted by molar-refractivity contribution is 5.70. The van der Waals surface area contributed by atoms with Crippen molar-refractivity contribution >= 4 is 0 Å². The number of rotatable bonds is 2. The van der Waals surface area contributed by atoms with Crippen LogP contribution in [0.15, 0.2) is 47.7 Å². The first kappa shape index (κ1) is 19.0. The largest absolute Gasteiger partial charge is 0.377 e. The minimum Gasteiger partial charge on any atom is -0.377 e. The second kappa shape index (κ2) is 7.38. The Hall–Kier alpha value is -3.96. The third-order valence-corrected chi connectivity index (χ3v) is 5.34. The van der Waals surface area contributed by atoms with Crippen molar-refractivity contribution in [1.29, 1.82) is 0 Å². The highest BCUT2D eigenvalue weighted by Crippen LogP contribution is 2.33. The molecule has 0 saturated heterocycles. The van der Waals surface area contributed by atoms with Crippen molar-refractivity contribution in [2.24, 2.45) is 7.05 Å². The molecule has 4 heterocycles. The predicted octanol–water partition coefficient (Wildman–Crippen LogP) is 2.05. The summed E-state index contributed by atoms with van der Waals surface area (Å²) in [6, 6.07) is 9.48. The average molecular weight is 412 g/mol. The van der Waals surface area contributed by atoms with Gasteiger partial charge in [-0.2, -0.15) is 0 Å². The van der Waals surface area contributed by atoms with Crippen LogP contribution < -0.4 is 5.56 Å². The lowest BCUT2D eigenvalue weighted by molar-refractivity contribution is 0.174. The molecule has 8 heteroatoms. The van der Waals surface area contributed by atoms with Gasteiger partial charge in [-0.3, -0.25) is 9.36 Å². The van der Waals surface area contributed by atoms with E-state index in [1.165, 1.54) is 10.6 Å². The molecule has 0 aliphatic carbocycles. The molecule has 31 heavy (non-hydrogen) atoms. The van der Waals surface area contributed by atoms with E-state index in [2.05, 4.69) is 61.3 Å². The third-order valence-electron chi connectivity index (χ3n) is 5.34. The SMILES string of the molecule is COCc1nnc2n1Cc1c(C#Cc3ccc(=O)n(C)c3)ncn1-c1ccc(C)cc1-2. The highest BCUT2D eigenvalue weighted by atomic mass is 16.5. The molecule has 8 nitrogen and oxygen atoms in total. The Morgan fingerprint density at radius 3 is 2.84 bits per heavy atom. The number of methoxy groups -OCH3 is 1. The van der Waals surface area contributed by atoms with Gasteiger partial charge in [0.25, 0.3) is 0 Å². The molecule has 0 bridgehead atoms. The lowest BCUT2D eigenvalue weighted by atomic mass is 10.1. The van der Waals surface area contributed by atoms with Crippen LogP contribution in [-0.4, -0.2) is 36.0 Å². The van der Waals surface area contributed by atoms with Crippen molar-refractivity contribution < 1.29 is 4.74 Å². The minimum atomic E-state index is -0.0703. The van der Waals surface area contributed by atoms with Gasteiger partial charge in [-0.15, -0.1) is 10.2 Å². The Morgan fingerprint density at radius 1 is 1.16 bits per heavy atom. The lowest BCUT2D eigenvalue weighted by Gasteiger charge is -2.08. The Morgan fingerprint density at radius 2 is 2.03 bits per heavy atom. The quantitative estimate of drug-likeness (QED) is 0.415. The van der Waals surface area contributed by atoms with Gasteiger partial charge in [-0.25, -0.2) is 4.98 Å². The molecule has 1 aliphatic rings. The monoisotopic (exact) mass is 412 g/mol. The molecule has 1 aromatic carbocycles. The number of benzene rings is 1. The number of aromatic nitrogens is 6. The standard InChI is InChI=1S/C23H20N6O2/c1-15-4-8-19-17(10-15)23-26-25-21(13-31-3)28(23)12-20-18(24-14-29(19)20)7-5-16-6-9-22(30)27(2)11-16/h4,6,8-11,14H,12-13H2,1-3H3. The summed E-state index contributed by atoms with van der Waals surface area (Å²) < 4.78 is 11.0. The van der Waals surface area contributed by atoms with Crippen molar-refractivity contribution in [2.75, 3.05) is 7.11 Å². The van der Waals surface area contributed by atoms with Crippen molar-refractivity contribution in [3.8, 4) is 28.9 Å². The van der Waals surface area contributed by atoms with E-state index >= 15 is 0 Å².